The van der Waals surface area contributed by atoms with E-state index in [1.165, 1.54) is 32.1 Å². The molecule has 0 radical (unpaired) electrons. The third-order valence-corrected chi connectivity index (χ3v) is 5.94. The summed E-state index contributed by atoms with van der Waals surface area (Å²) in [6.07, 6.45) is 7.56. The summed E-state index contributed by atoms with van der Waals surface area (Å²) in [7, 11) is 5.03. The molecule has 0 spiro atoms. The van der Waals surface area contributed by atoms with E-state index in [1.54, 1.807) is 0 Å². The second-order valence-electron chi connectivity index (χ2n) is 7.30. The number of hydrogen-bond acceptors (Lipinski definition) is 0. The average Bonchev–Trinajstić information content (AvgIpc) is 2.61. The molecule has 0 aliphatic heterocycles. The maximum Gasteiger partial charge on any atom is 0.101 e. The van der Waals surface area contributed by atoms with Gasteiger partial charge in [-0.05, 0) is 48.9 Å². The summed E-state index contributed by atoms with van der Waals surface area (Å²) in [5.41, 5.74) is 1.14. The molecule has 0 aromatic carbocycles. The Balaban J connectivity index is 2.29. The van der Waals surface area contributed by atoms with Gasteiger partial charge in [0.1, 0.15) is 15.7 Å². The van der Waals surface area contributed by atoms with Crippen molar-refractivity contribution in [1.29, 1.82) is 0 Å². The van der Waals surface area contributed by atoms with Gasteiger partial charge in [0.15, 0.2) is 0 Å². The fraction of sp³-hybridized carbons (Fsp3) is 1.00. The van der Waals surface area contributed by atoms with Crippen LogP contribution in [0.3, 0.4) is 0 Å². The molecule has 0 nitrogen and oxygen atoms in total. The van der Waals surface area contributed by atoms with Crippen LogP contribution in [0.2, 0.25) is 5.21 Å². The van der Waals surface area contributed by atoms with Crippen LogP contribution < -0.4 is 0 Å². The van der Waals surface area contributed by atoms with Crippen LogP contribution in [0.15, 0.2) is 0 Å². The molecule has 14 heavy (non-hydrogen) atoms. The number of fused-ring (bicyclic) bond motifs is 2. The van der Waals surface area contributed by atoms with Gasteiger partial charge in [-0.1, -0.05) is 26.0 Å². The lowest BCUT2D eigenvalue weighted by molar-refractivity contribution is 0.147. The summed E-state index contributed by atoms with van der Waals surface area (Å²) in [4.78, 5) is 0. The molecule has 2 heteroatoms. The van der Waals surface area contributed by atoms with Crippen molar-refractivity contribution in [2.75, 3.05) is 0 Å². The molecule has 0 aromatic heterocycles. The van der Waals surface area contributed by atoms with Crippen molar-refractivity contribution in [2.45, 2.75) is 58.1 Å². The Morgan fingerprint density at radius 3 is 1.86 bits per heavy atom. The molecule has 0 aromatic rings. The van der Waals surface area contributed by atoms with Gasteiger partial charge in [-0.25, -0.2) is 0 Å². The van der Waals surface area contributed by atoms with Crippen molar-refractivity contribution in [3.8, 4) is 0 Å². The summed E-state index contributed by atoms with van der Waals surface area (Å²) in [5.74, 6) is 1.08. The van der Waals surface area contributed by atoms with E-state index in [-0.39, 0.29) is 0 Å². The molecule has 0 saturated heterocycles. The topological polar surface area (TPSA) is 0 Å². The second kappa shape index (κ2) is 2.83. The van der Waals surface area contributed by atoms with Crippen LogP contribution in [0.25, 0.3) is 0 Å². The average molecular weight is 190 g/mol. The highest BCUT2D eigenvalue weighted by Gasteiger charge is 2.56. The van der Waals surface area contributed by atoms with E-state index < -0.39 is 0 Å². The molecular formula is C12H24B2. The fourth-order valence-electron chi connectivity index (χ4n) is 3.87. The first-order valence-corrected chi connectivity index (χ1v) is 6.29. The molecular weight excluding hydrogens is 166 g/mol. The highest BCUT2D eigenvalue weighted by atomic mass is 14.6. The Morgan fingerprint density at radius 1 is 1.07 bits per heavy atom. The minimum absolute atomic E-state index is 0.451. The molecule has 2 rings (SSSR count). The number of hydrogen-bond donors (Lipinski definition) is 0. The molecule has 0 N–H and O–H groups in total. The van der Waals surface area contributed by atoms with E-state index in [4.69, 9.17) is 0 Å². The summed E-state index contributed by atoms with van der Waals surface area (Å²) in [6.45, 7) is 7.27. The minimum Gasteiger partial charge on any atom is -0.0744 e. The highest BCUT2D eigenvalue weighted by Crippen LogP contribution is 2.68. The molecule has 2 fully saturated rings. The van der Waals surface area contributed by atoms with Gasteiger partial charge in [0.25, 0.3) is 0 Å². The first-order chi connectivity index (χ1) is 6.29. The summed E-state index contributed by atoms with van der Waals surface area (Å²) >= 11 is 0. The lowest BCUT2D eigenvalue weighted by atomic mass is 9.33. The standard InChI is InChI=1S/C12H24B2/c1-10(2,3)12(13,14)11-6-4-9(8-11)5-7-11/h9H,4-8,13-14H2,1-3H3. The summed E-state index contributed by atoms with van der Waals surface area (Å²) in [6, 6.07) is 0. The van der Waals surface area contributed by atoms with Gasteiger partial charge in [0.05, 0.1) is 0 Å². The van der Waals surface area contributed by atoms with Gasteiger partial charge in [-0.3, -0.25) is 0 Å². The van der Waals surface area contributed by atoms with Crippen molar-refractivity contribution in [2.24, 2.45) is 16.7 Å². The van der Waals surface area contributed by atoms with Crippen LogP contribution in [0, 0.1) is 16.7 Å². The summed E-state index contributed by atoms with van der Waals surface area (Å²) < 4.78 is 0. The SMILES string of the molecule is BC(B)(C(C)(C)C)C12CCC(CC1)C2. The third kappa shape index (κ3) is 1.22. The fourth-order valence-corrected chi connectivity index (χ4v) is 3.87. The molecule has 0 heterocycles. The molecule has 2 saturated carbocycles. The van der Waals surface area contributed by atoms with Crippen LogP contribution >= 0.6 is 0 Å². The molecule has 2 aliphatic rings. The lowest BCUT2D eigenvalue weighted by Crippen LogP contribution is -2.43. The van der Waals surface area contributed by atoms with E-state index in [0.717, 1.165) is 5.92 Å². The predicted octanol–water partition coefficient (Wildman–Crippen LogP) is 2.00. The van der Waals surface area contributed by atoms with Crippen molar-refractivity contribution >= 4 is 15.7 Å². The molecule has 78 valence electrons. The Hall–Kier alpha value is 0.130. The van der Waals surface area contributed by atoms with Gasteiger partial charge in [0.2, 0.25) is 0 Å². The van der Waals surface area contributed by atoms with E-state index >= 15 is 0 Å². The van der Waals surface area contributed by atoms with Gasteiger partial charge >= 0.3 is 0 Å². The molecule has 0 unspecified atom stereocenters. The van der Waals surface area contributed by atoms with Gasteiger partial charge in [-0.2, -0.15) is 0 Å². The van der Waals surface area contributed by atoms with Crippen molar-refractivity contribution in [1.82, 2.24) is 0 Å². The largest absolute Gasteiger partial charge is 0.101 e. The van der Waals surface area contributed by atoms with Gasteiger partial charge in [0, 0.05) is 0 Å². The van der Waals surface area contributed by atoms with Gasteiger partial charge < -0.3 is 0 Å². The van der Waals surface area contributed by atoms with Crippen LogP contribution in [-0.2, 0) is 0 Å². The quantitative estimate of drug-likeness (QED) is 0.554. The van der Waals surface area contributed by atoms with Crippen LogP contribution in [0.5, 0.6) is 0 Å². The maximum absolute atomic E-state index is 2.51. The Kier molecular flexibility index (Phi) is 2.15. The predicted molar refractivity (Wildman–Crippen MR) is 68.2 cm³/mol. The van der Waals surface area contributed by atoms with Crippen molar-refractivity contribution in [3.63, 3.8) is 0 Å². The Morgan fingerprint density at radius 2 is 1.57 bits per heavy atom. The van der Waals surface area contributed by atoms with Crippen LogP contribution in [0.1, 0.15) is 52.9 Å². The highest BCUT2D eigenvalue weighted by molar-refractivity contribution is 6.41. The Bertz CT molecular complexity index is 229. The summed E-state index contributed by atoms with van der Waals surface area (Å²) in [5, 5.41) is 0.505. The van der Waals surface area contributed by atoms with Gasteiger partial charge in [-0.15, -0.1) is 0 Å². The molecule has 2 aliphatic carbocycles. The van der Waals surface area contributed by atoms with E-state index in [0.29, 0.717) is 16.0 Å². The Labute approximate surface area is 91.0 Å². The number of rotatable bonds is 1. The molecule has 0 amide bonds. The van der Waals surface area contributed by atoms with Crippen molar-refractivity contribution in [3.05, 3.63) is 0 Å². The van der Waals surface area contributed by atoms with E-state index in [2.05, 4.69) is 36.5 Å². The van der Waals surface area contributed by atoms with Crippen molar-refractivity contribution < 1.29 is 0 Å². The molecule has 2 bridgehead atoms. The van der Waals surface area contributed by atoms with Crippen LogP contribution in [-0.4, -0.2) is 15.7 Å². The zero-order valence-corrected chi connectivity index (χ0v) is 10.6. The third-order valence-electron chi connectivity index (χ3n) is 5.94. The van der Waals surface area contributed by atoms with E-state index in [9.17, 15) is 0 Å². The molecule has 0 atom stereocenters. The minimum atomic E-state index is 0.451. The van der Waals surface area contributed by atoms with E-state index in [1.807, 2.05) is 0 Å². The second-order valence-corrected chi connectivity index (χ2v) is 7.30. The first kappa shape index (κ1) is 10.6. The lowest BCUT2D eigenvalue weighted by Gasteiger charge is -2.52. The van der Waals surface area contributed by atoms with Crippen LogP contribution in [0.4, 0.5) is 0 Å². The smallest absolute Gasteiger partial charge is 0.0744 e. The zero-order chi connectivity index (χ0) is 10.6. The zero-order valence-electron chi connectivity index (χ0n) is 10.6. The maximum atomic E-state index is 2.51. The monoisotopic (exact) mass is 190 g/mol. The normalized spacial score (nSPS) is 37.8. The first-order valence-electron chi connectivity index (χ1n) is 6.29.